The molecule has 1 fully saturated rings. The van der Waals surface area contributed by atoms with Crippen LogP contribution in [-0.2, 0) is 11.2 Å². The lowest BCUT2D eigenvalue weighted by Gasteiger charge is -2.38. The summed E-state index contributed by atoms with van der Waals surface area (Å²) in [4.78, 5) is 0. The van der Waals surface area contributed by atoms with Gasteiger partial charge in [0.25, 0.3) is 0 Å². The van der Waals surface area contributed by atoms with Crippen molar-refractivity contribution in [2.45, 2.75) is 25.0 Å². The largest absolute Gasteiger partial charge is 0.372 e. The van der Waals surface area contributed by atoms with Gasteiger partial charge in [-0.3, -0.25) is 0 Å². The molecule has 2 atom stereocenters. The minimum Gasteiger partial charge on any atom is -0.372 e. The molecule has 1 N–H and O–H groups in total. The van der Waals surface area contributed by atoms with Crippen molar-refractivity contribution >= 4 is 0 Å². The minimum absolute atomic E-state index is 0.0539. The van der Waals surface area contributed by atoms with E-state index in [0.717, 1.165) is 24.1 Å². The number of rotatable bonds is 1. The second-order valence-corrected chi connectivity index (χ2v) is 4.20. The summed E-state index contributed by atoms with van der Waals surface area (Å²) in [6.45, 7) is 1.69. The van der Waals surface area contributed by atoms with Crippen LogP contribution in [0.15, 0.2) is 18.2 Å². The average Bonchev–Trinajstić information content (AvgIpc) is 2.17. The lowest BCUT2D eigenvalue weighted by Crippen LogP contribution is -2.48. The molecule has 0 unspecified atom stereocenters. The lowest BCUT2D eigenvalue weighted by molar-refractivity contribution is -0.00230. The maximum Gasteiger partial charge on any atom is 0.126 e. The van der Waals surface area contributed by atoms with Gasteiger partial charge in [0.15, 0.2) is 0 Å². The molecule has 0 radical (unpaired) electrons. The van der Waals surface area contributed by atoms with Gasteiger partial charge < -0.3 is 10.1 Å². The molecule has 0 spiro atoms. The Balaban J connectivity index is 1.98. The first kappa shape index (κ1) is 9.31. The van der Waals surface area contributed by atoms with Gasteiger partial charge in [0.2, 0.25) is 0 Å². The third kappa shape index (κ3) is 1.46. The zero-order valence-corrected chi connectivity index (χ0v) is 8.50. The Labute approximate surface area is 88.4 Å². The lowest BCUT2D eigenvalue weighted by atomic mass is 9.89. The number of nitrogens with one attached hydrogen (secondary N) is 1. The highest BCUT2D eigenvalue weighted by Crippen LogP contribution is 2.33. The van der Waals surface area contributed by atoms with Gasteiger partial charge in [-0.1, -0.05) is 12.1 Å². The molecule has 0 aromatic heterocycles. The summed E-state index contributed by atoms with van der Waals surface area (Å²) in [5, 5.41) is 3.33. The molecular formula is C12H14FNO. The quantitative estimate of drug-likeness (QED) is 0.758. The second kappa shape index (κ2) is 3.58. The molecule has 0 bridgehead atoms. The molecule has 0 saturated carbocycles. The first-order valence-electron chi connectivity index (χ1n) is 5.48. The first-order chi connectivity index (χ1) is 7.36. The van der Waals surface area contributed by atoms with Gasteiger partial charge in [-0.25, -0.2) is 4.39 Å². The van der Waals surface area contributed by atoms with E-state index in [2.05, 4.69) is 5.32 Å². The van der Waals surface area contributed by atoms with E-state index in [1.54, 1.807) is 6.07 Å². The van der Waals surface area contributed by atoms with Crippen LogP contribution in [0, 0.1) is 5.82 Å². The monoisotopic (exact) mass is 207 g/mol. The first-order valence-corrected chi connectivity index (χ1v) is 5.48. The highest BCUT2D eigenvalue weighted by atomic mass is 19.1. The summed E-state index contributed by atoms with van der Waals surface area (Å²) in [6, 6.07) is 5.68. The number of halogens is 1. The van der Waals surface area contributed by atoms with Crippen molar-refractivity contribution < 1.29 is 9.13 Å². The maximum atomic E-state index is 13.6. The van der Waals surface area contributed by atoms with E-state index in [1.807, 2.05) is 6.07 Å². The third-order valence-corrected chi connectivity index (χ3v) is 3.34. The molecule has 2 heterocycles. The molecule has 2 nitrogen and oxygen atoms in total. The van der Waals surface area contributed by atoms with Crippen LogP contribution in [0.5, 0.6) is 0 Å². The second-order valence-electron chi connectivity index (χ2n) is 4.20. The van der Waals surface area contributed by atoms with Crippen LogP contribution in [0.1, 0.15) is 23.7 Å². The molecule has 15 heavy (non-hydrogen) atoms. The van der Waals surface area contributed by atoms with Crippen LogP contribution < -0.4 is 5.32 Å². The topological polar surface area (TPSA) is 21.3 Å². The fraction of sp³-hybridized carbons (Fsp3) is 0.500. The Kier molecular flexibility index (Phi) is 2.22. The van der Waals surface area contributed by atoms with Gasteiger partial charge in [0, 0.05) is 6.04 Å². The SMILES string of the molecule is Fc1cccc2c1CCO[C@H]2[C@H]1CCN1. The molecule has 80 valence electrons. The van der Waals surface area contributed by atoms with Crippen molar-refractivity contribution in [1.29, 1.82) is 0 Å². The van der Waals surface area contributed by atoms with Gasteiger partial charge in [-0.15, -0.1) is 0 Å². The normalized spacial score (nSPS) is 29.4. The van der Waals surface area contributed by atoms with Crippen molar-refractivity contribution in [1.82, 2.24) is 5.32 Å². The maximum absolute atomic E-state index is 13.6. The van der Waals surface area contributed by atoms with Crippen LogP contribution >= 0.6 is 0 Å². The molecule has 3 heteroatoms. The zero-order chi connectivity index (χ0) is 10.3. The van der Waals surface area contributed by atoms with E-state index < -0.39 is 0 Å². The van der Waals surface area contributed by atoms with Gasteiger partial charge in [-0.05, 0) is 36.6 Å². The smallest absolute Gasteiger partial charge is 0.126 e. The average molecular weight is 207 g/mol. The summed E-state index contributed by atoms with van der Waals surface area (Å²) in [6.07, 6.45) is 1.88. The predicted molar refractivity (Wildman–Crippen MR) is 55.2 cm³/mol. The third-order valence-electron chi connectivity index (χ3n) is 3.34. The molecule has 1 aromatic rings. The predicted octanol–water partition coefficient (Wildman–Crippen LogP) is 1.80. The highest BCUT2D eigenvalue weighted by Gasteiger charge is 2.33. The van der Waals surface area contributed by atoms with Gasteiger partial charge in [0.05, 0.1) is 12.7 Å². The molecule has 3 rings (SSSR count). The van der Waals surface area contributed by atoms with E-state index >= 15 is 0 Å². The Morgan fingerprint density at radius 3 is 3.00 bits per heavy atom. The van der Waals surface area contributed by atoms with E-state index in [0.29, 0.717) is 19.1 Å². The number of benzene rings is 1. The van der Waals surface area contributed by atoms with Crippen LogP contribution in [0.4, 0.5) is 4.39 Å². The van der Waals surface area contributed by atoms with Crippen LogP contribution in [0.25, 0.3) is 0 Å². The fourth-order valence-corrected chi connectivity index (χ4v) is 2.39. The number of ether oxygens (including phenoxy) is 1. The molecule has 1 saturated heterocycles. The summed E-state index contributed by atoms with van der Waals surface area (Å²) < 4.78 is 19.3. The Hall–Kier alpha value is -0.930. The van der Waals surface area contributed by atoms with Gasteiger partial charge in [0.1, 0.15) is 5.82 Å². The molecular weight excluding hydrogens is 193 g/mol. The van der Waals surface area contributed by atoms with E-state index in [4.69, 9.17) is 4.74 Å². The summed E-state index contributed by atoms with van der Waals surface area (Å²) >= 11 is 0. The zero-order valence-electron chi connectivity index (χ0n) is 8.50. The van der Waals surface area contributed by atoms with Crippen molar-refractivity contribution in [2.75, 3.05) is 13.2 Å². The van der Waals surface area contributed by atoms with E-state index in [1.165, 1.54) is 6.07 Å². The van der Waals surface area contributed by atoms with Gasteiger partial charge in [-0.2, -0.15) is 0 Å². The summed E-state index contributed by atoms with van der Waals surface area (Å²) in [7, 11) is 0. The standard InChI is InChI=1S/C12H14FNO/c13-10-3-1-2-9-8(10)5-7-15-12(9)11-4-6-14-11/h1-3,11-12,14H,4-7H2/t11-,12-/m1/s1. The van der Waals surface area contributed by atoms with Crippen LogP contribution in [-0.4, -0.2) is 19.2 Å². The molecule has 1 aromatic carbocycles. The molecule has 2 aliphatic heterocycles. The number of hydrogen-bond acceptors (Lipinski definition) is 2. The highest BCUT2D eigenvalue weighted by molar-refractivity contribution is 5.33. The fourth-order valence-electron chi connectivity index (χ4n) is 2.39. The molecule has 0 aliphatic carbocycles. The van der Waals surface area contributed by atoms with E-state index in [9.17, 15) is 4.39 Å². The summed E-state index contributed by atoms with van der Waals surface area (Å²) in [5.74, 6) is -0.0832. The Morgan fingerprint density at radius 1 is 1.40 bits per heavy atom. The molecule has 0 amide bonds. The van der Waals surface area contributed by atoms with Crippen molar-refractivity contribution in [3.8, 4) is 0 Å². The van der Waals surface area contributed by atoms with Crippen LogP contribution in [0.3, 0.4) is 0 Å². The number of hydrogen-bond donors (Lipinski definition) is 1. The Morgan fingerprint density at radius 2 is 2.27 bits per heavy atom. The van der Waals surface area contributed by atoms with Crippen molar-refractivity contribution in [3.05, 3.63) is 35.1 Å². The van der Waals surface area contributed by atoms with Gasteiger partial charge >= 0.3 is 0 Å². The van der Waals surface area contributed by atoms with E-state index in [-0.39, 0.29) is 11.9 Å². The Bertz CT molecular complexity index is 376. The van der Waals surface area contributed by atoms with Crippen molar-refractivity contribution in [2.24, 2.45) is 0 Å². The summed E-state index contributed by atoms with van der Waals surface area (Å²) in [5.41, 5.74) is 1.89. The minimum atomic E-state index is -0.0832. The van der Waals surface area contributed by atoms with Crippen molar-refractivity contribution in [3.63, 3.8) is 0 Å². The number of fused-ring (bicyclic) bond motifs is 1. The molecule has 2 aliphatic rings. The van der Waals surface area contributed by atoms with Crippen LogP contribution in [0.2, 0.25) is 0 Å².